The Morgan fingerprint density at radius 2 is 1.81 bits per heavy atom. The van der Waals surface area contributed by atoms with Crippen LogP contribution in [0.25, 0.3) is 0 Å². The average molecular weight is 418 g/mol. The van der Waals surface area contributed by atoms with Gasteiger partial charge in [0.1, 0.15) is 10.6 Å². The monoisotopic (exact) mass is 417 g/mol. The molecule has 2 fully saturated rings. The van der Waals surface area contributed by atoms with Crippen LogP contribution in [0.5, 0.6) is 5.75 Å². The minimum Gasteiger partial charge on any atom is -0.495 e. The Balaban J connectivity index is 2.00. The molecule has 0 atom stereocenters. The second-order valence-corrected chi connectivity index (χ2v) is 10.2. The summed E-state index contributed by atoms with van der Waals surface area (Å²) in [5.41, 5.74) is 0.0177. The Kier molecular flexibility index (Phi) is 5.48. The Hall–Kier alpha value is -1.69. The number of carbonyl (C=O) groups is 1. The second kappa shape index (κ2) is 7.38. The molecule has 1 aromatic carbocycles. The summed E-state index contributed by atoms with van der Waals surface area (Å²) in [6.07, 6.45) is -0.116. The molecule has 0 aromatic heterocycles. The van der Waals surface area contributed by atoms with Crippen LogP contribution < -0.4 is 9.04 Å². The number of piperazine rings is 1. The molecule has 0 unspecified atom stereocenters. The highest BCUT2D eigenvalue weighted by Crippen LogP contribution is 2.34. The maximum atomic E-state index is 13.1. The first-order chi connectivity index (χ1) is 12.7. The van der Waals surface area contributed by atoms with Crippen LogP contribution in [-0.2, 0) is 24.8 Å². The van der Waals surface area contributed by atoms with Crippen LogP contribution >= 0.6 is 0 Å². The number of benzene rings is 1. The highest BCUT2D eigenvalue weighted by Gasteiger charge is 2.38. The minimum atomic E-state index is -3.89. The fourth-order valence-corrected chi connectivity index (χ4v) is 6.34. The molecule has 2 aliphatic heterocycles. The molecular weight excluding hydrogens is 394 g/mol. The van der Waals surface area contributed by atoms with E-state index < -0.39 is 26.0 Å². The van der Waals surface area contributed by atoms with E-state index in [0.717, 1.165) is 6.54 Å². The Bertz CT molecular complexity index is 937. The van der Waals surface area contributed by atoms with Gasteiger partial charge in [-0.2, -0.15) is 4.31 Å². The fourth-order valence-electron chi connectivity index (χ4n) is 3.29. The summed E-state index contributed by atoms with van der Waals surface area (Å²) >= 11 is 0. The van der Waals surface area contributed by atoms with E-state index in [0.29, 0.717) is 30.5 Å². The van der Waals surface area contributed by atoms with Crippen molar-refractivity contribution < 1.29 is 26.4 Å². The van der Waals surface area contributed by atoms with E-state index in [4.69, 9.17) is 4.74 Å². The number of sulfonamides is 2. The average Bonchev–Trinajstić information content (AvgIpc) is 2.93. The molecule has 0 bridgehead atoms. The van der Waals surface area contributed by atoms with Gasteiger partial charge in [0.25, 0.3) is 0 Å². The number of methoxy groups -OCH3 is 1. The van der Waals surface area contributed by atoms with Crippen molar-refractivity contribution in [3.05, 3.63) is 18.2 Å². The predicted octanol–water partition coefficient (Wildman–Crippen LogP) is 0.0879. The van der Waals surface area contributed by atoms with Crippen molar-refractivity contribution in [2.75, 3.05) is 49.9 Å². The van der Waals surface area contributed by atoms with Crippen LogP contribution in [0.2, 0.25) is 0 Å². The van der Waals surface area contributed by atoms with Crippen LogP contribution in [0.1, 0.15) is 13.3 Å². The summed E-state index contributed by atoms with van der Waals surface area (Å²) < 4.78 is 57.9. The molecule has 2 aliphatic rings. The van der Waals surface area contributed by atoms with Gasteiger partial charge in [-0.1, -0.05) is 6.92 Å². The van der Waals surface area contributed by atoms with Crippen molar-refractivity contribution in [3.63, 3.8) is 0 Å². The first-order valence-electron chi connectivity index (χ1n) is 8.67. The fraction of sp³-hybridized carbons (Fsp3) is 0.562. The molecule has 0 radical (unpaired) electrons. The molecule has 2 saturated heterocycles. The zero-order chi connectivity index (χ0) is 19.8. The van der Waals surface area contributed by atoms with Crippen LogP contribution in [0.15, 0.2) is 23.1 Å². The van der Waals surface area contributed by atoms with Gasteiger partial charge in [0.05, 0.1) is 18.6 Å². The van der Waals surface area contributed by atoms with Crippen molar-refractivity contribution in [2.45, 2.75) is 18.2 Å². The lowest BCUT2D eigenvalue weighted by Gasteiger charge is -2.33. The Morgan fingerprint density at radius 1 is 1.15 bits per heavy atom. The molecule has 11 heteroatoms. The topological polar surface area (TPSA) is 104 Å². The summed E-state index contributed by atoms with van der Waals surface area (Å²) in [6.45, 7) is 4.79. The maximum absolute atomic E-state index is 13.1. The number of likely N-dealkylation sites (N-methyl/N-ethyl adjacent to an activating group) is 1. The van der Waals surface area contributed by atoms with Crippen LogP contribution in [0.3, 0.4) is 0 Å². The van der Waals surface area contributed by atoms with Gasteiger partial charge in [0, 0.05) is 32.6 Å². The minimum absolute atomic E-state index is 0.0177. The molecule has 150 valence electrons. The van der Waals surface area contributed by atoms with E-state index in [1.165, 1.54) is 29.6 Å². The summed E-state index contributed by atoms with van der Waals surface area (Å²) in [7, 11) is -6.33. The molecule has 2 heterocycles. The molecule has 0 saturated carbocycles. The van der Waals surface area contributed by atoms with Crippen molar-refractivity contribution in [3.8, 4) is 5.75 Å². The van der Waals surface area contributed by atoms with Crippen LogP contribution in [0.4, 0.5) is 5.69 Å². The molecule has 0 aliphatic carbocycles. The molecule has 0 spiro atoms. The van der Waals surface area contributed by atoms with E-state index >= 15 is 0 Å². The number of ether oxygens (including phenoxy) is 1. The zero-order valence-corrected chi connectivity index (χ0v) is 16.9. The number of hydrogen-bond donors (Lipinski definition) is 0. The standard InChI is InChI=1S/C16H23N3O6S2/c1-3-17-7-9-18(10-8-17)27(23,24)15-12-13(4-5-14(15)25-2)19-16(20)6-11-26(19,21)22/h4-5,12H,3,6-11H2,1-2H3. The van der Waals surface area contributed by atoms with Crippen molar-refractivity contribution in [1.82, 2.24) is 9.21 Å². The summed E-state index contributed by atoms with van der Waals surface area (Å²) in [5, 5.41) is 0. The molecule has 1 amide bonds. The maximum Gasteiger partial charge on any atom is 0.246 e. The zero-order valence-electron chi connectivity index (χ0n) is 15.3. The number of amides is 1. The number of rotatable bonds is 5. The summed E-state index contributed by atoms with van der Waals surface area (Å²) in [4.78, 5) is 14.0. The van der Waals surface area contributed by atoms with Gasteiger partial charge in [-0.25, -0.2) is 21.1 Å². The summed E-state index contributed by atoms with van der Waals surface area (Å²) in [5.74, 6) is -0.736. The van der Waals surface area contributed by atoms with Gasteiger partial charge in [0.2, 0.25) is 26.0 Å². The largest absolute Gasteiger partial charge is 0.495 e. The van der Waals surface area contributed by atoms with E-state index in [9.17, 15) is 21.6 Å². The van der Waals surface area contributed by atoms with Gasteiger partial charge in [-0.15, -0.1) is 0 Å². The number of anilines is 1. The predicted molar refractivity (Wildman–Crippen MR) is 99.8 cm³/mol. The highest BCUT2D eigenvalue weighted by atomic mass is 32.2. The molecule has 27 heavy (non-hydrogen) atoms. The van der Waals surface area contributed by atoms with E-state index in [2.05, 4.69) is 4.90 Å². The number of nitrogens with zero attached hydrogens (tertiary/aromatic N) is 3. The normalized spacial score (nSPS) is 21.6. The van der Waals surface area contributed by atoms with Gasteiger partial charge < -0.3 is 9.64 Å². The first kappa shape index (κ1) is 20.1. The Morgan fingerprint density at radius 3 is 2.33 bits per heavy atom. The number of hydrogen-bond acceptors (Lipinski definition) is 7. The molecular formula is C16H23N3O6S2. The SMILES string of the molecule is CCN1CCN(S(=O)(=O)c2cc(N3C(=O)CCS3(=O)=O)ccc2OC)CC1. The van der Waals surface area contributed by atoms with Crippen molar-refractivity contribution in [1.29, 1.82) is 0 Å². The van der Waals surface area contributed by atoms with Gasteiger partial charge in [-0.05, 0) is 24.7 Å². The van der Waals surface area contributed by atoms with Crippen LogP contribution in [-0.4, -0.2) is 77.5 Å². The third kappa shape index (κ3) is 3.68. The molecule has 0 N–H and O–H groups in total. The van der Waals surface area contributed by atoms with Gasteiger partial charge in [-0.3, -0.25) is 4.79 Å². The lowest BCUT2D eigenvalue weighted by Crippen LogP contribution is -2.48. The lowest BCUT2D eigenvalue weighted by molar-refractivity contribution is -0.116. The Labute approximate surface area is 159 Å². The van der Waals surface area contributed by atoms with E-state index in [1.54, 1.807) is 0 Å². The highest BCUT2D eigenvalue weighted by molar-refractivity contribution is 7.94. The second-order valence-electron chi connectivity index (χ2n) is 6.40. The van der Waals surface area contributed by atoms with E-state index in [-0.39, 0.29) is 28.5 Å². The van der Waals surface area contributed by atoms with Gasteiger partial charge >= 0.3 is 0 Å². The molecule has 1 aromatic rings. The lowest BCUT2D eigenvalue weighted by atomic mass is 10.3. The number of carbonyl (C=O) groups excluding carboxylic acids is 1. The summed E-state index contributed by atoms with van der Waals surface area (Å²) in [6, 6.07) is 3.97. The van der Waals surface area contributed by atoms with Crippen molar-refractivity contribution in [2.24, 2.45) is 0 Å². The quantitative estimate of drug-likeness (QED) is 0.669. The van der Waals surface area contributed by atoms with E-state index in [1.807, 2.05) is 6.92 Å². The van der Waals surface area contributed by atoms with Crippen LogP contribution in [0, 0.1) is 0 Å². The molecule has 9 nitrogen and oxygen atoms in total. The first-order valence-corrected chi connectivity index (χ1v) is 11.7. The molecule has 3 rings (SSSR count). The van der Waals surface area contributed by atoms with Gasteiger partial charge in [0.15, 0.2) is 0 Å². The third-order valence-electron chi connectivity index (χ3n) is 4.86. The third-order valence-corrected chi connectivity index (χ3v) is 8.47. The smallest absolute Gasteiger partial charge is 0.246 e. The van der Waals surface area contributed by atoms with Crippen molar-refractivity contribution >= 4 is 31.6 Å².